The van der Waals surface area contributed by atoms with Crippen LogP contribution in [0.25, 0.3) is 11.8 Å². The molecule has 0 aliphatic carbocycles. The van der Waals surface area contributed by atoms with Crippen molar-refractivity contribution in [2.75, 3.05) is 0 Å². The van der Waals surface area contributed by atoms with Gasteiger partial charge in [0.25, 0.3) is 5.56 Å². The lowest BCUT2D eigenvalue weighted by Crippen LogP contribution is -2.31. The van der Waals surface area contributed by atoms with Crippen LogP contribution in [0.3, 0.4) is 0 Å². The molecule has 0 saturated carbocycles. The van der Waals surface area contributed by atoms with Gasteiger partial charge in [-0.15, -0.1) is 0 Å². The van der Waals surface area contributed by atoms with Crippen molar-refractivity contribution in [3.63, 3.8) is 0 Å². The van der Waals surface area contributed by atoms with E-state index in [0.29, 0.717) is 10.7 Å². The van der Waals surface area contributed by atoms with Gasteiger partial charge in [0.2, 0.25) is 5.88 Å². The SMILES string of the molecule is O=c1[nH]c(=O)n(-c2ccc(Cl)cc2)c(O)c1CC=Cc1ccccc1. The normalized spacial score (nSPS) is 11.1. The third-order valence-electron chi connectivity index (χ3n) is 3.70. The predicted molar refractivity (Wildman–Crippen MR) is 98.5 cm³/mol. The fourth-order valence-corrected chi connectivity index (χ4v) is 2.58. The maximum absolute atomic E-state index is 12.1. The molecule has 126 valence electrons. The predicted octanol–water partition coefficient (Wildman–Crippen LogP) is 3.14. The first-order valence-electron chi connectivity index (χ1n) is 7.61. The molecule has 0 aliphatic heterocycles. The number of rotatable bonds is 4. The second-order valence-electron chi connectivity index (χ2n) is 5.39. The zero-order valence-corrected chi connectivity index (χ0v) is 13.9. The summed E-state index contributed by atoms with van der Waals surface area (Å²) in [5, 5.41) is 11.0. The lowest BCUT2D eigenvalue weighted by Gasteiger charge is -2.10. The number of H-pyrrole nitrogens is 1. The zero-order valence-electron chi connectivity index (χ0n) is 13.1. The van der Waals surface area contributed by atoms with Gasteiger partial charge in [0, 0.05) is 11.4 Å². The highest BCUT2D eigenvalue weighted by Gasteiger charge is 2.14. The molecule has 0 saturated heterocycles. The molecule has 25 heavy (non-hydrogen) atoms. The molecule has 0 radical (unpaired) electrons. The molecule has 3 rings (SSSR count). The smallest absolute Gasteiger partial charge is 0.335 e. The van der Waals surface area contributed by atoms with Crippen molar-refractivity contribution >= 4 is 17.7 Å². The molecule has 1 aromatic heterocycles. The number of allylic oxidation sites excluding steroid dienone is 1. The summed E-state index contributed by atoms with van der Waals surface area (Å²) < 4.78 is 1.05. The first-order valence-corrected chi connectivity index (χ1v) is 7.99. The van der Waals surface area contributed by atoms with Crippen LogP contribution in [0.4, 0.5) is 0 Å². The summed E-state index contributed by atoms with van der Waals surface area (Å²) in [4.78, 5) is 26.4. The van der Waals surface area contributed by atoms with Crippen molar-refractivity contribution < 1.29 is 5.11 Å². The van der Waals surface area contributed by atoms with E-state index in [0.717, 1.165) is 10.1 Å². The van der Waals surface area contributed by atoms with Gasteiger partial charge >= 0.3 is 5.69 Å². The van der Waals surface area contributed by atoms with Crippen molar-refractivity contribution in [1.29, 1.82) is 0 Å². The quantitative estimate of drug-likeness (QED) is 0.755. The van der Waals surface area contributed by atoms with Gasteiger partial charge in [-0.2, -0.15) is 0 Å². The molecule has 2 aromatic carbocycles. The third kappa shape index (κ3) is 3.72. The number of aromatic hydroxyl groups is 1. The van der Waals surface area contributed by atoms with E-state index >= 15 is 0 Å². The van der Waals surface area contributed by atoms with E-state index < -0.39 is 11.2 Å². The van der Waals surface area contributed by atoms with Crippen LogP contribution in [0, 0.1) is 0 Å². The molecule has 3 aromatic rings. The molecule has 1 heterocycles. The molecule has 2 N–H and O–H groups in total. The van der Waals surface area contributed by atoms with Gasteiger partial charge in [0.15, 0.2) is 0 Å². The monoisotopic (exact) mass is 354 g/mol. The van der Waals surface area contributed by atoms with Gasteiger partial charge in [-0.3, -0.25) is 9.78 Å². The number of aromatic nitrogens is 2. The van der Waals surface area contributed by atoms with E-state index in [9.17, 15) is 14.7 Å². The van der Waals surface area contributed by atoms with Crippen LogP contribution in [0.1, 0.15) is 11.1 Å². The van der Waals surface area contributed by atoms with Crippen molar-refractivity contribution in [1.82, 2.24) is 9.55 Å². The number of halogens is 1. The number of hydrogen-bond donors (Lipinski definition) is 2. The van der Waals surface area contributed by atoms with E-state index in [4.69, 9.17) is 11.6 Å². The topological polar surface area (TPSA) is 75.1 Å². The fraction of sp³-hybridized carbons (Fsp3) is 0.0526. The lowest BCUT2D eigenvalue weighted by atomic mass is 10.1. The van der Waals surface area contributed by atoms with Crippen molar-refractivity contribution in [3.05, 3.63) is 97.7 Å². The van der Waals surface area contributed by atoms with Crippen LogP contribution in [0.15, 0.2) is 70.3 Å². The van der Waals surface area contributed by atoms with Gasteiger partial charge in [-0.05, 0) is 29.8 Å². The maximum atomic E-state index is 12.1. The largest absolute Gasteiger partial charge is 0.494 e. The summed E-state index contributed by atoms with van der Waals surface area (Å²) in [6, 6.07) is 16.0. The standard InChI is InChI=1S/C19H15ClN2O3/c20-14-9-11-15(12-10-14)22-18(24)16(17(23)21-19(22)25)8-4-7-13-5-2-1-3-6-13/h1-7,9-12,24H,8H2,(H,21,23,25). The molecular weight excluding hydrogens is 340 g/mol. The highest BCUT2D eigenvalue weighted by molar-refractivity contribution is 6.30. The average Bonchev–Trinajstić information content (AvgIpc) is 2.60. The number of benzene rings is 2. The first-order chi connectivity index (χ1) is 12.1. The summed E-state index contributed by atoms with van der Waals surface area (Å²) in [6.45, 7) is 0. The van der Waals surface area contributed by atoms with Crippen LogP contribution in [-0.2, 0) is 6.42 Å². The van der Waals surface area contributed by atoms with Crippen LogP contribution >= 0.6 is 11.6 Å². The van der Waals surface area contributed by atoms with Gasteiger partial charge in [0.05, 0.1) is 11.3 Å². The van der Waals surface area contributed by atoms with Crippen molar-refractivity contribution in [2.24, 2.45) is 0 Å². The summed E-state index contributed by atoms with van der Waals surface area (Å²) in [7, 11) is 0. The van der Waals surface area contributed by atoms with E-state index in [-0.39, 0.29) is 17.9 Å². The Morgan fingerprint density at radius 3 is 2.40 bits per heavy atom. The van der Waals surface area contributed by atoms with Crippen LogP contribution in [-0.4, -0.2) is 14.7 Å². The molecule has 0 aliphatic rings. The van der Waals surface area contributed by atoms with Crippen LogP contribution in [0.2, 0.25) is 5.02 Å². The molecular formula is C19H15ClN2O3. The second kappa shape index (κ2) is 7.23. The molecule has 6 heteroatoms. The number of nitrogens with zero attached hydrogens (tertiary/aromatic N) is 1. The summed E-state index contributed by atoms with van der Waals surface area (Å²) >= 11 is 5.85. The molecule has 0 unspecified atom stereocenters. The van der Waals surface area contributed by atoms with E-state index in [2.05, 4.69) is 4.98 Å². The van der Waals surface area contributed by atoms with Gasteiger partial charge in [-0.1, -0.05) is 54.1 Å². The third-order valence-corrected chi connectivity index (χ3v) is 3.95. The average molecular weight is 355 g/mol. The Labute approximate surface area is 148 Å². The number of nitrogens with one attached hydrogen (secondary N) is 1. The Morgan fingerprint density at radius 1 is 1.04 bits per heavy atom. The Bertz CT molecular complexity index is 1020. The second-order valence-corrected chi connectivity index (χ2v) is 5.83. The van der Waals surface area contributed by atoms with Crippen LogP contribution in [0.5, 0.6) is 5.88 Å². The summed E-state index contributed by atoms with van der Waals surface area (Å²) in [5.74, 6) is -0.381. The van der Waals surface area contributed by atoms with Gasteiger partial charge in [-0.25, -0.2) is 9.36 Å². The summed E-state index contributed by atoms with van der Waals surface area (Å²) in [6.07, 6.45) is 3.79. The number of hydrogen-bond acceptors (Lipinski definition) is 3. The summed E-state index contributed by atoms with van der Waals surface area (Å²) in [5.41, 5.74) is 0.189. The Hall–Kier alpha value is -3.05. The maximum Gasteiger partial charge on any atom is 0.335 e. The molecule has 5 nitrogen and oxygen atoms in total. The Balaban J connectivity index is 1.99. The van der Waals surface area contributed by atoms with Crippen LogP contribution < -0.4 is 11.2 Å². The Kier molecular flexibility index (Phi) is 4.86. The minimum Gasteiger partial charge on any atom is -0.494 e. The fourth-order valence-electron chi connectivity index (χ4n) is 2.45. The lowest BCUT2D eigenvalue weighted by molar-refractivity contribution is 0.424. The first kappa shape index (κ1) is 16.8. The molecule has 0 spiro atoms. The Morgan fingerprint density at radius 2 is 1.72 bits per heavy atom. The van der Waals surface area contributed by atoms with Gasteiger partial charge < -0.3 is 5.11 Å². The highest BCUT2D eigenvalue weighted by Crippen LogP contribution is 2.19. The number of aromatic amines is 1. The minimum atomic E-state index is -0.708. The van der Waals surface area contributed by atoms with E-state index in [1.165, 1.54) is 0 Å². The van der Waals surface area contributed by atoms with E-state index in [1.807, 2.05) is 36.4 Å². The minimum absolute atomic E-state index is 0.113. The molecule has 0 amide bonds. The molecule has 0 bridgehead atoms. The molecule has 0 fully saturated rings. The van der Waals surface area contributed by atoms with Crippen molar-refractivity contribution in [2.45, 2.75) is 6.42 Å². The van der Waals surface area contributed by atoms with Crippen molar-refractivity contribution in [3.8, 4) is 11.6 Å². The highest BCUT2D eigenvalue weighted by atomic mass is 35.5. The van der Waals surface area contributed by atoms with E-state index in [1.54, 1.807) is 30.3 Å². The van der Waals surface area contributed by atoms with Gasteiger partial charge in [0.1, 0.15) is 0 Å². The molecule has 0 atom stereocenters. The zero-order chi connectivity index (χ0) is 17.8.